The lowest BCUT2D eigenvalue weighted by molar-refractivity contribution is 0.0527. The standard InChI is InChI=1S/C23H22N2O3/c1-3-28-23(27)20-9-4-5-10-21(20)24-18-11-13-19(14-12-18)25-22(26)17-8-6-7-16(2)15-17/h4-15,24H,3H2,1-2H3,(H,25,26). The molecule has 3 aromatic carbocycles. The van der Waals surface area contributed by atoms with Gasteiger partial charge in [-0.3, -0.25) is 4.79 Å². The van der Waals surface area contributed by atoms with Gasteiger partial charge in [0.15, 0.2) is 0 Å². The number of anilines is 3. The van der Waals surface area contributed by atoms with Crippen molar-refractivity contribution in [2.45, 2.75) is 13.8 Å². The van der Waals surface area contributed by atoms with Crippen molar-refractivity contribution in [1.82, 2.24) is 0 Å². The number of hydrogen-bond acceptors (Lipinski definition) is 4. The highest BCUT2D eigenvalue weighted by Crippen LogP contribution is 2.23. The Morgan fingerprint density at radius 3 is 2.32 bits per heavy atom. The smallest absolute Gasteiger partial charge is 0.340 e. The molecule has 142 valence electrons. The molecular formula is C23H22N2O3. The molecule has 0 saturated heterocycles. The quantitative estimate of drug-likeness (QED) is 0.584. The zero-order valence-corrected chi connectivity index (χ0v) is 15.9. The molecule has 2 N–H and O–H groups in total. The number of amides is 1. The number of ether oxygens (including phenoxy) is 1. The van der Waals surface area contributed by atoms with Crippen molar-refractivity contribution in [2.75, 3.05) is 17.2 Å². The molecule has 5 nitrogen and oxygen atoms in total. The summed E-state index contributed by atoms with van der Waals surface area (Å²) in [5.74, 6) is -0.523. The van der Waals surface area contributed by atoms with Crippen LogP contribution in [-0.4, -0.2) is 18.5 Å². The van der Waals surface area contributed by atoms with Crippen LogP contribution in [0.5, 0.6) is 0 Å². The predicted octanol–water partition coefficient (Wildman–Crippen LogP) is 5.17. The van der Waals surface area contributed by atoms with E-state index < -0.39 is 0 Å². The normalized spacial score (nSPS) is 10.2. The molecule has 1 amide bonds. The lowest BCUT2D eigenvalue weighted by atomic mass is 10.1. The monoisotopic (exact) mass is 374 g/mol. The second kappa shape index (κ2) is 8.86. The van der Waals surface area contributed by atoms with Crippen molar-refractivity contribution in [1.29, 1.82) is 0 Å². The van der Waals surface area contributed by atoms with E-state index in [1.54, 1.807) is 25.1 Å². The van der Waals surface area contributed by atoms with Crippen molar-refractivity contribution in [3.8, 4) is 0 Å². The second-order valence-corrected chi connectivity index (χ2v) is 6.29. The minimum absolute atomic E-state index is 0.155. The molecule has 0 saturated carbocycles. The molecule has 0 bridgehead atoms. The van der Waals surface area contributed by atoms with Crippen molar-refractivity contribution in [3.05, 3.63) is 89.5 Å². The number of aryl methyl sites for hydroxylation is 1. The average Bonchev–Trinajstić information content (AvgIpc) is 2.70. The maximum absolute atomic E-state index is 12.3. The van der Waals surface area contributed by atoms with Crippen LogP contribution in [-0.2, 0) is 4.74 Å². The van der Waals surface area contributed by atoms with Gasteiger partial charge in [0, 0.05) is 16.9 Å². The number of benzene rings is 3. The van der Waals surface area contributed by atoms with E-state index in [2.05, 4.69) is 10.6 Å². The molecule has 0 heterocycles. The Labute approximate surface area is 164 Å². The second-order valence-electron chi connectivity index (χ2n) is 6.29. The van der Waals surface area contributed by atoms with Crippen LogP contribution < -0.4 is 10.6 Å². The third-order valence-electron chi connectivity index (χ3n) is 4.12. The van der Waals surface area contributed by atoms with E-state index in [1.807, 2.05) is 61.5 Å². The molecule has 0 spiro atoms. The number of carbonyl (C=O) groups is 2. The van der Waals surface area contributed by atoms with Gasteiger partial charge in [-0.15, -0.1) is 0 Å². The fraction of sp³-hybridized carbons (Fsp3) is 0.130. The van der Waals surface area contributed by atoms with Crippen LogP contribution in [0.4, 0.5) is 17.1 Å². The number of rotatable bonds is 6. The summed E-state index contributed by atoms with van der Waals surface area (Å²) in [7, 11) is 0. The van der Waals surface area contributed by atoms with Crippen LogP contribution in [0.15, 0.2) is 72.8 Å². The van der Waals surface area contributed by atoms with Crippen molar-refractivity contribution < 1.29 is 14.3 Å². The van der Waals surface area contributed by atoms with E-state index in [-0.39, 0.29) is 11.9 Å². The summed E-state index contributed by atoms with van der Waals surface area (Å²) in [4.78, 5) is 24.4. The van der Waals surface area contributed by atoms with Crippen LogP contribution in [0.3, 0.4) is 0 Å². The van der Waals surface area contributed by atoms with E-state index in [0.29, 0.717) is 29.1 Å². The molecule has 0 aliphatic heterocycles. The molecule has 5 heteroatoms. The summed E-state index contributed by atoms with van der Waals surface area (Å²) in [6.07, 6.45) is 0. The Balaban J connectivity index is 1.70. The molecule has 0 unspecified atom stereocenters. The van der Waals surface area contributed by atoms with Gasteiger partial charge in [-0.25, -0.2) is 4.79 Å². The fourth-order valence-corrected chi connectivity index (χ4v) is 2.76. The van der Waals surface area contributed by atoms with E-state index in [4.69, 9.17) is 4.74 Å². The Kier molecular flexibility index (Phi) is 6.07. The van der Waals surface area contributed by atoms with Gasteiger partial charge < -0.3 is 15.4 Å². The Hall–Kier alpha value is -3.60. The molecule has 0 atom stereocenters. The summed E-state index contributed by atoms with van der Waals surface area (Å²) in [6.45, 7) is 4.05. The van der Waals surface area contributed by atoms with E-state index in [1.165, 1.54) is 0 Å². The van der Waals surface area contributed by atoms with E-state index >= 15 is 0 Å². The summed E-state index contributed by atoms with van der Waals surface area (Å²) in [5, 5.41) is 6.10. The van der Waals surface area contributed by atoms with Crippen LogP contribution in [0, 0.1) is 6.92 Å². The topological polar surface area (TPSA) is 67.4 Å². The molecular weight excluding hydrogens is 352 g/mol. The Morgan fingerprint density at radius 2 is 1.61 bits per heavy atom. The highest BCUT2D eigenvalue weighted by molar-refractivity contribution is 6.04. The van der Waals surface area contributed by atoms with Crippen LogP contribution in [0.2, 0.25) is 0 Å². The van der Waals surface area contributed by atoms with Gasteiger partial charge in [-0.05, 0) is 62.4 Å². The molecule has 0 aliphatic carbocycles. The van der Waals surface area contributed by atoms with Crippen LogP contribution >= 0.6 is 0 Å². The first-order valence-corrected chi connectivity index (χ1v) is 9.08. The molecule has 0 fully saturated rings. The Morgan fingerprint density at radius 1 is 0.893 bits per heavy atom. The van der Waals surface area contributed by atoms with Crippen LogP contribution in [0.1, 0.15) is 33.2 Å². The van der Waals surface area contributed by atoms with Gasteiger partial charge in [-0.1, -0.05) is 29.8 Å². The number of para-hydroxylation sites is 1. The highest BCUT2D eigenvalue weighted by Gasteiger charge is 2.12. The molecule has 0 radical (unpaired) electrons. The SMILES string of the molecule is CCOC(=O)c1ccccc1Nc1ccc(NC(=O)c2cccc(C)c2)cc1. The van der Waals surface area contributed by atoms with Crippen LogP contribution in [0.25, 0.3) is 0 Å². The summed E-state index contributed by atoms with van der Waals surface area (Å²) < 4.78 is 5.09. The summed E-state index contributed by atoms with van der Waals surface area (Å²) >= 11 is 0. The number of nitrogens with one attached hydrogen (secondary N) is 2. The maximum Gasteiger partial charge on any atom is 0.340 e. The minimum Gasteiger partial charge on any atom is -0.462 e. The molecule has 0 aromatic heterocycles. The third kappa shape index (κ3) is 4.76. The molecule has 0 aliphatic rings. The first kappa shape index (κ1) is 19.2. The largest absolute Gasteiger partial charge is 0.462 e. The number of hydrogen-bond donors (Lipinski definition) is 2. The predicted molar refractivity (Wildman–Crippen MR) is 111 cm³/mol. The lowest BCUT2D eigenvalue weighted by Gasteiger charge is -2.12. The number of esters is 1. The van der Waals surface area contributed by atoms with Gasteiger partial charge in [0.05, 0.1) is 17.9 Å². The summed E-state index contributed by atoms with van der Waals surface area (Å²) in [6, 6.07) is 21.9. The van der Waals surface area contributed by atoms with E-state index in [9.17, 15) is 9.59 Å². The fourth-order valence-electron chi connectivity index (χ4n) is 2.76. The van der Waals surface area contributed by atoms with Crippen molar-refractivity contribution in [3.63, 3.8) is 0 Å². The van der Waals surface area contributed by atoms with Gasteiger partial charge >= 0.3 is 5.97 Å². The van der Waals surface area contributed by atoms with Gasteiger partial charge in [0.25, 0.3) is 5.91 Å². The minimum atomic E-state index is -0.368. The molecule has 3 aromatic rings. The maximum atomic E-state index is 12.3. The third-order valence-corrected chi connectivity index (χ3v) is 4.12. The molecule has 3 rings (SSSR count). The van der Waals surface area contributed by atoms with Gasteiger partial charge in [0.2, 0.25) is 0 Å². The first-order chi connectivity index (χ1) is 13.6. The van der Waals surface area contributed by atoms with Crippen molar-refractivity contribution in [2.24, 2.45) is 0 Å². The Bertz CT molecular complexity index is 981. The van der Waals surface area contributed by atoms with Crippen molar-refractivity contribution >= 4 is 28.9 Å². The lowest BCUT2D eigenvalue weighted by Crippen LogP contribution is -2.12. The molecule has 28 heavy (non-hydrogen) atoms. The first-order valence-electron chi connectivity index (χ1n) is 9.08. The number of carbonyl (C=O) groups excluding carboxylic acids is 2. The highest BCUT2D eigenvalue weighted by atomic mass is 16.5. The zero-order valence-electron chi connectivity index (χ0n) is 15.9. The zero-order chi connectivity index (χ0) is 19.9. The summed E-state index contributed by atoms with van der Waals surface area (Å²) in [5.41, 5.74) is 4.28. The average molecular weight is 374 g/mol. The van der Waals surface area contributed by atoms with E-state index in [0.717, 1.165) is 11.3 Å². The van der Waals surface area contributed by atoms with Gasteiger partial charge in [-0.2, -0.15) is 0 Å². The van der Waals surface area contributed by atoms with Gasteiger partial charge in [0.1, 0.15) is 0 Å².